The molecule has 0 atom stereocenters. The normalized spacial score (nSPS) is 15.0. The van der Waals surface area contributed by atoms with E-state index in [1.54, 1.807) is 37.1 Å². The molecule has 0 unspecified atom stereocenters. The van der Waals surface area contributed by atoms with Gasteiger partial charge in [0.1, 0.15) is 83.6 Å². The summed E-state index contributed by atoms with van der Waals surface area (Å²) in [5.74, 6) is 5.66. The van der Waals surface area contributed by atoms with Gasteiger partial charge in [0.25, 0.3) is 0 Å². The standard InChI is InChI=1S/C25H28N4O3.C24H28N4O3.C23H27N5O3.C22H25N5O3/c1-16(28-21-9-11-30-12-10-21)19-6-8-24(27-13-19)31-15-22-17(2)32-29-25(22)20-5-7-23(26-14-20)18-3-4-18;1-4-22-21(24(28-31-22)19-6-5-16(2)25-14-19)15-30-23-8-7-18(13-26-23)17(3)27-20-9-11-29-12-10-20;1-4-21-19(23(28-31-21)17-6-5-15(2)24-13-17)14-30-22-8-7-20(26-27-22)16(3)25-18-9-11-29-12-10-18;1-14-4-6-20(26-25-14)22-19(16(3)30-27-22)13-29-21-7-5-17(12-23-21)15(2)24-18-8-10-28-11-9-18/h5-8,13-14,18,21,28H,1,3-4,9-12,15H2,2H3;5-8,13-14,20,27H,3-4,9-12,15H2,1-2H3;5-8,13,18,25H,3-4,9-12,14H2,1-2H3;4-7,12,18,24H,2,8-11,13H2,1,3H3. The van der Waals surface area contributed by atoms with E-state index in [4.69, 9.17) is 56.0 Å². The molecule has 0 amide bonds. The van der Waals surface area contributed by atoms with Crippen molar-refractivity contribution in [2.45, 2.75) is 182 Å². The van der Waals surface area contributed by atoms with Gasteiger partial charge in [0, 0.05) is 225 Å². The second-order valence-corrected chi connectivity index (χ2v) is 31.0. The van der Waals surface area contributed by atoms with Gasteiger partial charge >= 0.3 is 0 Å². The zero-order chi connectivity index (χ0) is 86.1. The fraction of sp³-hybridized carbons (Fsp3) is 0.383. The molecule has 0 spiro atoms. The molecule has 16 heterocycles. The lowest BCUT2D eigenvalue weighted by molar-refractivity contribution is 0.0817. The van der Waals surface area contributed by atoms with Crippen LogP contribution in [0.2, 0.25) is 0 Å². The van der Waals surface area contributed by atoms with E-state index in [1.807, 2.05) is 134 Å². The molecule has 5 fully saturated rings. The highest BCUT2D eigenvalue weighted by Crippen LogP contribution is 2.40. The minimum absolute atomic E-state index is 0.272. The topological polar surface area (TPSA) is 355 Å². The van der Waals surface area contributed by atoms with Crippen LogP contribution in [0.3, 0.4) is 0 Å². The molecule has 30 heteroatoms. The monoisotopic (exact) mass is 1680 g/mol. The van der Waals surface area contributed by atoms with Crippen molar-refractivity contribution in [1.82, 2.24) is 92.2 Å². The Bertz CT molecular complexity index is 5260. The molecule has 4 N–H and O–H groups in total. The Labute approximate surface area is 721 Å². The fourth-order valence-electron chi connectivity index (χ4n) is 14.2. The number of aryl methyl sites for hydroxylation is 7. The molecular weight excluding hydrogens is 1570 g/mol. The number of pyridine rings is 6. The number of hydrogen-bond donors (Lipinski definition) is 4. The van der Waals surface area contributed by atoms with Gasteiger partial charge in [-0.25, -0.2) is 15.0 Å². The predicted molar refractivity (Wildman–Crippen MR) is 467 cm³/mol. The second kappa shape index (κ2) is 43.2. The van der Waals surface area contributed by atoms with Crippen LogP contribution in [0, 0.1) is 34.6 Å². The van der Waals surface area contributed by atoms with Crippen molar-refractivity contribution in [1.29, 1.82) is 0 Å². The molecule has 1 aliphatic carbocycles. The molecule has 0 radical (unpaired) electrons. The predicted octanol–water partition coefficient (Wildman–Crippen LogP) is 16.1. The SMILES string of the molecule is C=C(NC1CCOCC1)c1ccc(OCc2c(-c3ccc(C)nc3)noc2CC)nc1.C=C(NC1CCOCC1)c1ccc(OCc2c(-c3ccc(C)nc3)noc2CC)nn1.C=C(NC1CCOCC1)c1ccc(OCc2c(-c3ccc(C)nn3)noc2C)nc1.C=C(NC1CCOCC1)c1ccc(OCc2c(-c3ccc(C4CC4)nc3)noc2C)nc1. The van der Waals surface area contributed by atoms with E-state index >= 15 is 0 Å². The molecule has 30 nitrogen and oxygen atoms in total. The summed E-state index contributed by atoms with van der Waals surface area (Å²) in [5, 5.41) is 47.4. The molecule has 5 aliphatic rings. The van der Waals surface area contributed by atoms with E-state index < -0.39 is 0 Å². The van der Waals surface area contributed by atoms with Crippen molar-refractivity contribution in [2.24, 2.45) is 0 Å². The smallest absolute Gasteiger partial charge is 0.233 e. The van der Waals surface area contributed by atoms with Crippen molar-refractivity contribution >= 4 is 22.8 Å². The Morgan fingerprint density at radius 2 is 0.710 bits per heavy atom. The lowest BCUT2D eigenvalue weighted by atomic mass is 10.1. The summed E-state index contributed by atoms with van der Waals surface area (Å²) in [4.78, 5) is 26.6. The van der Waals surface area contributed by atoms with E-state index in [2.05, 4.69) is 131 Å². The highest BCUT2D eigenvalue weighted by Gasteiger charge is 2.28. The summed E-state index contributed by atoms with van der Waals surface area (Å²) < 4.78 is 67.1. The molecule has 124 heavy (non-hydrogen) atoms. The van der Waals surface area contributed by atoms with Gasteiger partial charge in [-0.3, -0.25) is 15.0 Å². The third-order valence-corrected chi connectivity index (χ3v) is 21.9. The van der Waals surface area contributed by atoms with Gasteiger partial charge in [0.2, 0.25) is 23.5 Å². The van der Waals surface area contributed by atoms with Gasteiger partial charge in [-0.15, -0.1) is 15.3 Å². The first kappa shape index (κ1) is 87.4. The van der Waals surface area contributed by atoms with Crippen LogP contribution in [0.1, 0.15) is 174 Å². The first-order valence-corrected chi connectivity index (χ1v) is 42.4. The first-order valence-electron chi connectivity index (χ1n) is 42.4. The minimum Gasteiger partial charge on any atom is -0.473 e. The Morgan fingerprint density at radius 3 is 1.07 bits per heavy atom. The fourth-order valence-corrected chi connectivity index (χ4v) is 14.2. The summed E-state index contributed by atoms with van der Waals surface area (Å²) >= 11 is 0. The molecule has 12 aromatic heterocycles. The number of aromatic nitrogens is 14. The zero-order valence-electron chi connectivity index (χ0n) is 71.5. The lowest BCUT2D eigenvalue weighted by Crippen LogP contribution is -2.33. The lowest BCUT2D eigenvalue weighted by Gasteiger charge is -2.25. The third kappa shape index (κ3) is 24.1. The van der Waals surface area contributed by atoms with Crippen LogP contribution in [0.5, 0.6) is 23.5 Å². The highest BCUT2D eigenvalue weighted by atomic mass is 16.5. The molecule has 4 saturated heterocycles. The zero-order valence-corrected chi connectivity index (χ0v) is 71.5. The summed E-state index contributed by atoms with van der Waals surface area (Å²) in [7, 11) is 0. The van der Waals surface area contributed by atoms with Gasteiger partial charge < -0.3 is 77.3 Å². The number of ether oxygens (including phenoxy) is 8. The molecule has 0 aromatic carbocycles. The summed E-state index contributed by atoms with van der Waals surface area (Å²) in [5.41, 5.74) is 20.6. The van der Waals surface area contributed by atoms with Crippen molar-refractivity contribution in [3.63, 3.8) is 0 Å². The van der Waals surface area contributed by atoms with E-state index in [0.29, 0.717) is 96.1 Å². The minimum atomic E-state index is 0.272. The van der Waals surface area contributed by atoms with Gasteiger partial charge in [-0.05, 0) is 172 Å². The molecule has 17 rings (SSSR count). The van der Waals surface area contributed by atoms with Crippen LogP contribution < -0.4 is 40.2 Å². The Hall–Kier alpha value is -12.9. The summed E-state index contributed by atoms with van der Waals surface area (Å²) in [6.45, 7) is 37.6. The largest absolute Gasteiger partial charge is 0.473 e. The van der Waals surface area contributed by atoms with Crippen LogP contribution in [0.25, 0.3) is 67.9 Å². The van der Waals surface area contributed by atoms with Crippen LogP contribution >= 0.6 is 0 Å². The highest BCUT2D eigenvalue weighted by molar-refractivity contribution is 5.67. The van der Waals surface area contributed by atoms with Gasteiger partial charge in [-0.1, -0.05) is 60.8 Å². The van der Waals surface area contributed by atoms with E-state index in [-0.39, 0.29) is 13.2 Å². The van der Waals surface area contributed by atoms with Gasteiger partial charge in [-0.2, -0.15) is 5.10 Å². The second-order valence-electron chi connectivity index (χ2n) is 31.0. The Balaban J connectivity index is 0.000000135. The maximum atomic E-state index is 5.97. The van der Waals surface area contributed by atoms with E-state index in [9.17, 15) is 0 Å². The van der Waals surface area contributed by atoms with Crippen molar-refractivity contribution in [2.75, 3.05) is 52.9 Å². The quantitative estimate of drug-likeness (QED) is 0.0313. The van der Waals surface area contributed by atoms with Crippen LogP contribution in [0.15, 0.2) is 179 Å². The van der Waals surface area contributed by atoms with Crippen molar-refractivity contribution < 1.29 is 56.0 Å². The number of nitrogens with one attached hydrogen (secondary N) is 4. The maximum Gasteiger partial charge on any atom is 0.233 e. The number of nitrogens with zero attached hydrogens (tertiary/aromatic N) is 14. The van der Waals surface area contributed by atoms with E-state index in [0.717, 1.165) is 246 Å². The molecule has 4 aliphatic heterocycles. The van der Waals surface area contributed by atoms with E-state index in [1.165, 1.54) is 12.8 Å². The van der Waals surface area contributed by atoms with Crippen molar-refractivity contribution in [3.05, 3.63) is 251 Å². The number of hydrogen-bond acceptors (Lipinski definition) is 30. The molecule has 0 bridgehead atoms. The molecule has 12 aromatic rings. The molecule has 646 valence electrons. The van der Waals surface area contributed by atoms with Crippen LogP contribution in [-0.2, 0) is 58.2 Å². The Kier molecular flexibility index (Phi) is 30.5. The number of rotatable bonds is 31. The molecular formula is C94H108N18O12. The van der Waals surface area contributed by atoms with Gasteiger partial charge in [0.15, 0.2) is 0 Å². The summed E-state index contributed by atoms with van der Waals surface area (Å²) in [6, 6.07) is 32.4. The Morgan fingerprint density at radius 1 is 0.339 bits per heavy atom. The average molecular weight is 1680 g/mol. The first-order chi connectivity index (χ1) is 60.5. The third-order valence-electron chi connectivity index (χ3n) is 21.9. The summed E-state index contributed by atoms with van der Waals surface area (Å²) in [6.07, 6.45) is 22.6. The average Bonchev–Trinajstić information content (AvgIpc) is 1.86. The van der Waals surface area contributed by atoms with Crippen LogP contribution in [0.4, 0.5) is 0 Å². The van der Waals surface area contributed by atoms with Crippen LogP contribution in [-0.4, -0.2) is 148 Å². The molecule has 1 saturated carbocycles. The van der Waals surface area contributed by atoms with Gasteiger partial charge in [0.05, 0.1) is 33.6 Å². The van der Waals surface area contributed by atoms with Crippen molar-refractivity contribution in [3.8, 4) is 68.7 Å². The maximum absolute atomic E-state index is 5.97.